The number of hydrogen-bond acceptors (Lipinski definition) is 7. The first-order valence-corrected chi connectivity index (χ1v) is 7.85. The van der Waals surface area contributed by atoms with E-state index in [4.69, 9.17) is 12.2 Å². The van der Waals surface area contributed by atoms with Crippen molar-refractivity contribution in [3.8, 4) is 0 Å². The number of anilines is 1. The molecule has 0 aliphatic carbocycles. The van der Waals surface area contributed by atoms with Gasteiger partial charge in [0.2, 0.25) is 5.82 Å². The molecule has 0 saturated heterocycles. The summed E-state index contributed by atoms with van der Waals surface area (Å²) in [7, 11) is 0. The summed E-state index contributed by atoms with van der Waals surface area (Å²) in [5, 5.41) is 14.6. The van der Waals surface area contributed by atoms with Gasteiger partial charge in [-0.25, -0.2) is 9.97 Å². The van der Waals surface area contributed by atoms with Gasteiger partial charge < -0.3 is 10.2 Å². The normalized spacial score (nSPS) is 10.5. The van der Waals surface area contributed by atoms with Gasteiger partial charge >= 0.3 is 5.69 Å². The van der Waals surface area contributed by atoms with E-state index in [0.717, 1.165) is 24.9 Å². The van der Waals surface area contributed by atoms with Gasteiger partial charge in [-0.2, -0.15) is 0 Å². The summed E-state index contributed by atoms with van der Waals surface area (Å²) in [6.45, 7) is 9.24. The predicted molar refractivity (Wildman–Crippen MR) is 88.8 cm³/mol. The van der Waals surface area contributed by atoms with Gasteiger partial charge in [0.05, 0.1) is 4.92 Å². The molecule has 0 bridgehead atoms. The maximum Gasteiger partial charge on any atom is 0.343 e. The van der Waals surface area contributed by atoms with Gasteiger partial charge in [0.15, 0.2) is 5.03 Å². The molecule has 9 heteroatoms. The van der Waals surface area contributed by atoms with Gasteiger partial charge in [-0.05, 0) is 39.5 Å². The minimum atomic E-state index is -0.474. The first-order chi connectivity index (χ1) is 9.90. The fourth-order valence-electron chi connectivity index (χ4n) is 1.61. The number of nitrogens with one attached hydrogen (secondary N) is 1. The third-order valence-electron chi connectivity index (χ3n) is 2.60. The Bertz CT molecular complexity index is 520. The van der Waals surface area contributed by atoms with Gasteiger partial charge in [0, 0.05) is 19.1 Å². The molecule has 0 aromatic carbocycles. The molecular weight excluding hydrogens is 310 g/mol. The average Bonchev–Trinajstić information content (AvgIpc) is 2.39. The zero-order chi connectivity index (χ0) is 16.0. The van der Waals surface area contributed by atoms with Crippen LogP contribution in [0.25, 0.3) is 0 Å². The van der Waals surface area contributed by atoms with Crippen molar-refractivity contribution in [1.82, 2.24) is 14.9 Å². The van der Waals surface area contributed by atoms with Crippen LogP contribution in [0.5, 0.6) is 0 Å². The zero-order valence-electron chi connectivity index (χ0n) is 12.5. The molecule has 0 unspecified atom stereocenters. The lowest BCUT2D eigenvalue weighted by Gasteiger charge is -2.20. The molecular formula is C12H19N5O2S2. The van der Waals surface area contributed by atoms with Crippen molar-refractivity contribution in [2.45, 2.75) is 38.8 Å². The molecule has 0 radical (unpaired) electrons. The molecule has 0 aliphatic rings. The first kappa shape index (κ1) is 17.6. The Kier molecular flexibility index (Phi) is 6.76. The Morgan fingerprint density at radius 2 is 2.10 bits per heavy atom. The largest absolute Gasteiger partial charge is 0.362 e. The highest BCUT2D eigenvalue weighted by Crippen LogP contribution is 2.33. The number of nitro groups is 1. The summed E-state index contributed by atoms with van der Waals surface area (Å²) >= 11 is 6.44. The number of rotatable bonds is 6. The second-order valence-corrected chi connectivity index (χ2v) is 6.10. The minimum Gasteiger partial charge on any atom is -0.362 e. The Hall–Kier alpha value is -1.48. The van der Waals surface area contributed by atoms with Crippen LogP contribution >= 0.6 is 24.0 Å². The lowest BCUT2D eigenvalue weighted by atomic mass is 10.4. The molecule has 1 aromatic heterocycles. The minimum absolute atomic E-state index is 0.0335. The van der Waals surface area contributed by atoms with Crippen molar-refractivity contribution in [3.05, 3.63) is 16.4 Å². The van der Waals surface area contributed by atoms with Crippen LogP contribution < -0.4 is 5.32 Å². The van der Waals surface area contributed by atoms with Crippen LogP contribution in [0.1, 0.15) is 27.7 Å². The van der Waals surface area contributed by atoms with E-state index in [1.165, 1.54) is 6.33 Å². The molecule has 21 heavy (non-hydrogen) atoms. The van der Waals surface area contributed by atoms with Crippen LogP contribution in [0, 0.1) is 10.1 Å². The van der Waals surface area contributed by atoms with Gasteiger partial charge in [-0.15, -0.1) is 0 Å². The predicted octanol–water partition coefficient (Wildman–Crippen LogP) is 2.92. The van der Waals surface area contributed by atoms with E-state index in [1.807, 2.05) is 32.6 Å². The third kappa shape index (κ3) is 4.78. The molecule has 0 aliphatic heterocycles. The lowest BCUT2D eigenvalue weighted by molar-refractivity contribution is -0.387. The maximum atomic E-state index is 11.3. The Labute approximate surface area is 133 Å². The van der Waals surface area contributed by atoms with Crippen molar-refractivity contribution in [3.63, 3.8) is 0 Å². The summed E-state index contributed by atoms with van der Waals surface area (Å²) in [5.41, 5.74) is -0.134. The van der Waals surface area contributed by atoms with Crippen LogP contribution in [-0.2, 0) is 0 Å². The zero-order valence-corrected chi connectivity index (χ0v) is 14.1. The molecule has 0 atom stereocenters. The second-order valence-electron chi connectivity index (χ2n) is 4.47. The highest BCUT2D eigenvalue weighted by atomic mass is 32.2. The van der Waals surface area contributed by atoms with E-state index in [0.29, 0.717) is 4.32 Å². The molecule has 0 saturated carbocycles. The van der Waals surface area contributed by atoms with Crippen LogP contribution in [0.15, 0.2) is 11.4 Å². The fraction of sp³-hybridized carbons (Fsp3) is 0.583. The van der Waals surface area contributed by atoms with Gasteiger partial charge in [-0.1, -0.05) is 12.2 Å². The molecule has 0 fully saturated rings. The summed E-state index contributed by atoms with van der Waals surface area (Å²) in [6.07, 6.45) is 1.31. The van der Waals surface area contributed by atoms with Gasteiger partial charge in [-0.3, -0.25) is 10.1 Å². The second kappa shape index (κ2) is 8.08. The van der Waals surface area contributed by atoms with Crippen molar-refractivity contribution >= 4 is 39.8 Å². The standard InChI is InChI=1S/C12H19N5O2S2/c1-5-16(6-2)12(20)21-11-9(17(18)19)10(13-7-14-11)15-8(3)4/h7-8H,5-6H2,1-4H3,(H,13,14,15). The average molecular weight is 329 g/mol. The Morgan fingerprint density at radius 3 is 2.57 bits per heavy atom. The molecule has 7 nitrogen and oxygen atoms in total. The lowest BCUT2D eigenvalue weighted by Crippen LogP contribution is -2.26. The van der Waals surface area contributed by atoms with E-state index in [2.05, 4.69) is 15.3 Å². The number of hydrogen-bond donors (Lipinski definition) is 1. The van der Waals surface area contributed by atoms with E-state index in [9.17, 15) is 10.1 Å². The number of aromatic nitrogens is 2. The highest BCUT2D eigenvalue weighted by molar-refractivity contribution is 8.22. The molecule has 1 heterocycles. The summed E-state index contributed by atoms with van der Waals surface area (Å²) in [6, 6.07) is 0.0335. The summed E-state index contributed by atoms with van der Waals surface area (Å²) < 4.78 is 0.567. The van der Waals surface area contributed by atoms with Crippen molar-refractivity contribution in [2.75, 3.05) is 18.4 Å². The molecule has 1 rings (SSSR count). The quantitative estimate of drug-likeness (QED) is 0.280. The first-order valence-electron chi connectivity index (χ1n) is 6.63. The Balaban J connectivity index is 3.12. The van der Waals surface area contributed by atoms with E-state index in [1.54, 1.807) is 0 Å². The van der Waals surface area contributed by atoms with Crippen molar-refractivity contribution < 1.29 is 4.92 Å². The summed E-state index contributed by atoms with van der Waals surface area (Å²) in [5.74, 6) is 0.217. The topological polar surface area (TPSA) is 84.2 Å². The van der Waals surface area contributed by atoms with Crippen LogP contribution in [0.4, 0.5) is 11.5 Å². The van der Waals surface area contributed by atoms with Crippen molar-refractivity contribution in [2.24, 2.45) is 0 Å². The monoisotopic (exact) mass is 329 g/mol. The van der Waals surface area contributed by atoms with Crippen molar-refractivity contribution in [1.29, 1.82) is 0 Å². The molecule has 1 aromatic rings. The van der Waals surface area contributed by atoms with Crippen LogP contribution in [-0.4, -0.2) is 43.2 Å². The summed E-state index contributed by atoms with van der Waals surface area (Å²) in [4.78, 5) is 20.8. The Morgan fingerprint density at radius 1 is 1.48 bits per heavy atom. The van der Waals surface area contributed by atoms with Gasteiger partial charge in [0.25, 0.3) is 0 Å². The van der Waals surface area contributed by atoms with Gasteiger partial charge in [0.1, 0.15) is 10.6 Å². The molecule has 0 amide bonds. The number of thioether (sulfide) groups is 1. The molecule has 116 valence electrons. The third-order valence-corrected chi connectivity index (χ3v) is 4.04. The van der Waals surface area contributed by atoms with E-state index >= 15 is 0 Å². The fourth-order valence-corrected chi connectivity index (χ4v) is 3.03. The van der Waals surface area contributed by atoms with E-state index in [-0.39, 0.29) is 22.6 Å². The van der Waals surface area contributed by atoms with E-state index < -0.39 is 4.92 Å². The maximum absolute atomic E-state index is 11.3. The van der Waals surface area contributed by atoms with Crippen LogP contribution in [0.3, 0.4) is 0 Å². The molecule has 1 N–H and O–H groups in total. The number of thiocarbonyl (C=S) groups is 1. The molecule has 0 spiro atoms. The SMILES string of the molecule is CCN(CC)C(=S)Sc1ncnc(NC(C)C)c1[N+](=O)[O-]. The number of nitrogens with zero attached hydrogens (tertiary/aromatic N) is 4. The smallest absolute Gasteiger partial charge is 0.343 e. The van der Waals surface area contributed by atoms with Crippen LogP contribution in [0.2, 0.25) is 0 Å². The highest BCUT2D eigenvalue weighted by Gasteiger charge is 2.25.